The van der Waals surface area contributed by atoms with Gasteiger partial charge >= 0.3 is 0 Å². The Labute approximate surface area is 132 Å². The molecular formula is C17H25N5. The normalized spacial score (nSPS) is 10.9. The molecule has 0 radical (unpaired) electrons. The van der Waals surface area contributed by atoms with Gasteiger partial charge in [-0.15, -0.1) is 0 Å². The molecule has 0 aliphatic heterocycles. The maximum atomic E-state index is 4.63. The van der Waals surface area contributed by atoms with Gasteiger partial charge in [-0.1, -0.05) is 27.7 Å². The Morgan fingerprint density at radius 1 is 1.00 bits per heavy atom. The second kappa shape index (κ2) is 6.30. The number of hydrogen-bond donors (Lipinski definition) is 0. The van der Waals surface area contributed by atoms with Gasteiger partial charge in [-0.2, -0.15) is 10.2 Å². The summed E-state index contributed by atoms with van der Waals surface area (Å²) in [6, 6.07) is 2.10. The molecule has 0 N–H and O–H groups in total. The van der Waals surface area contributed by atoms with Crippen LogP contribution in [0.25, 0.3) is 16.7 Å². The minimum atomic E-state index is 0.471. The molecule has 5 heteroatoms. The van der Waals surface area contributed by atoms with Crippen LogP contribution in [0.1, 0.15) is 50.6 Å². The molecular weight excluding hydrogens is 274 g/mol. The van der Waals surface area contributed by atoms with Gasteiger partial charge in [0.25, 0.3) is 0 Å². The molecule has 3 rings (SSSR count). The van der Waals surface area contributed by atoms with Crippen molar-refractivity contribution in [3.8, 4) is 5.69 Å². The van der Waals surface area contributed by atoms with Crippen LogP contribution in [0, 0.1) is 13.8 Å². The Hall–Kier alpha value is -2.17. The van der Waals surface area contributed by atoms with Crippen LogP contribution in [0.3, 0.4) is 0 Å². The van der Waals surface area contributed by atoms with Gasteiger partial charge in [0.15, 0.2) is 5.65 Å². The summed E-state index contributed by atoms with van der Waals surface area (Å²) >= 11 is 0. The van der Waals surface area contributed by atoms with Gasteiger partial charge in [0.1, 0.15) is 0 Å². The topological polar surface area (TPSA) is 48.5 Å². The number of fused-ring (bicyclic) bond motifs is 1. The fourth-order valence-electron chi connectivity index (χ4n) is 2.55. The lowest BCUT2D eigenvalue weighted by molar-refractivity contribution is 0.775. The molecule has 0 amide bonds. The first-order valence-corrected chi connectivity index (χ1v) is 7.83. The molecule has 0 aliphatic rings. The Kier molecular flexibility index (Phi) is 4.64. The molecule has 0 atom stereocenters. The highest BCUT2D eigenvalue weighted by atomic mass is 15.3. The third-order valence-electron chi connectivity index (χ3n) is 3.58. The van der Waals surface area contributed by atoms with Gasteiger partial charge in [0, 0.05) is 24.8 Å². The average molecular weight is 299 g/mol. The van der Waals surface area contributed by atoms with E-state index >= 15 is 0 Å². The predicted molar refractivity (Wildman–Crippen MR) is 90.5 cm³/mol. The fraction of sp³-hybridized carbons (Fsp3) is 0.471. The number of rotatable bonds is 2. The Morgan fingerprint density at radius 3 is 2.27 bits per heavy atom. The van der Waals surface area contributed by atoms with E-state index in [1.807, 2.05) is 38.7 Å². The first-order valence-electron chi connectivity index (χ1n) is 7.83. The fourth-order valence-corrected chi connectivity index (χ4v) is 2.55. The largest absolute Gasteiger partial charge is 0.273 e. The van der Waals surface area contributed by atoms with Crippen LogP contribution in [-0.2, 0) is 7.05 Å². The van der Waals surface area contributed by atoms with Crippen molar-refractivity contribution in [2.45, 2.75) is 47.5 Å². The Balaban J connectivity index is 0.000000847. The van der Waals surface area contributed by atoms with Gasteiger partial charge < -0.3 is 0 Å². The molecule has 0 saturated heterocycles. The predicted octanol–water partition coefficient (Wildman–Crippen LogP) is 3.92. The van der Waals surface area contributed by atoms with E-state index < -0.39 is 0 Å². The zero-order valence-electron chi connectivity index (χ0n) is 14.5. The van der Waals surface area contributed by atoms with E-state index in [-0.39, 0.29) is 0 Å². The minimum Gasteiger partial charge on any atom is -0.273 e. The van der Waals surface area contributed by atoms with Gasteiger partial charge in [0.05, 0.1) is 17.1 Å². The first-order chi connectivity index (χ1) is 10.5. The van der Waals surface area contributed by atoms with Crippen LogP contribution in [0.2, 0.25) is 0 Å². The molecule has 0 aromatic carbocycles. The number of nitrogens with zero attached hydrogens (tertiary/aromatic N) is 5. The molecule has 0 spiro atoms. The summed E-state index contributed by atoms with van der Waals surface area (Å²) in [7, 11) is 1.91. The quantitative estimate of drug-likeness (QED) is 0.720. The van der Waals surface area contributed by atoms with Gasteiger partial charge in [-0.25, -0.2) is 9.67 Å². The number of aryl methyl sites for hydroxylation is 3. The van der Waals surface area contributed by atoms with Crippen LogP contribution in [0.5, 0.6) is 0 Å². The lowest BCUT2D eigenvalue weighted by Crippen LogP contribution is -2.00. The monoisotopic (exact) mass is 299 g/mol. The molecule has 5 nitrogen and oxygen atoms in total. The molecule has 0 bridgehead atoms. The molecule has 3 aromatic rings. The molecule has 118 valence electrons. The first kappa shape index (κ1) is 16.2. The lowest BCUT2D eigenvalue weighted by atomic mass is 10.1. The van der Waals surface area contributed by atoms with E-state index in [4.69, 9.17) is 0 Å². The van der Waals surface area contributed by atoms with Crippen molar-refractivity contribution in [3.05, 3.63) is 35.4 Å². The van der Waals surface area contributed by atoms with E-state index in [0.29, 0.717) is 5.92 Å². The van der Waals surface area contributed by atoms with Crippen LogP contribution >= 0.6 is 0 Å². The van der Waals surface area contributed by atoms with E-state index in [1.54, 1.807) is 4.68 Å². The molecule has 3 heterocycles. The third kappa shape index (κ3) is 2.89. The Morgan fingerprint density at radius 2 is 1.68 bits per heavy atom. The number of hydrogen-bond acceptors (Lipinski definition) is 3. The molecule has 0 saturated carbocycles. The van der Waals surface area contributed by atoms with Crippen molar-refractivity contribution < 1.29 is 0 Å². The lowest BCUT2D eigenvalue weighted by Gasteiger charge is -2.05. The van der Waals surface area contributed by atoms with E-state index in [2.05, 4.69) is 48.2 Å². The summed E-state index contributed by atoms with van der Waals surface area (Å²) in [5.41, 5.74) is 5.08. The van der Waals surface area contributed by atoms with Gasteiger partial charge in [-0.3, -0.25) is 4.68 Å². The van der Waals surface area contributed by atoms with Crippen molar-refractivity contribution in [2.75, 3.05) is 0 Å². The summed E-state index contributed by atoms with van der Waals surface area (Å²) in [6.07, 6.45) is 4.08. The van der Waals surface area contributed by atoms with E-state index in [0.717, 1.165) is 28.1 Å². The summed E-state index contributed by atoms with van der Waals surface area (Å²) < 4.78 is 3.72. The molecule has 3 aromatic heterocycles. The highest BCUT2D eigenvalue weighted by molar-refractivity contribution is 5.77. The molecule has 0 fully saturated rings. The highest BCUT2D eigenvalue weighted by Crippen LogP contribution is 2.23. The summed E-state index contributed by atoms with van der Waals surface area (Å²) in [5.74, 6) is 0.471. The van der Waals surface area contributed by atoms with Crippen LogP contribution in [0.15, 0.2) is 18.5 Å². The zero-order chi connectivity index (χ0) is 16.4. The van der Waals surface area contributed by atoms with Gasteiger partial charge in [0.2, 0.25) is 0 Å². The SMILES string of the molecule is CC.Cc1nn(-c2cc3cn(C)nc3nc2C)cc1C(C)C. The average Bonchev–Trinajstić information content (AvgIpc) is 3.01. The van der Waals surface area contributed by atoms with Crippen molar-refractivity contribution in [2.24, 2.45) is 7.05 Å². The Bertz CT molecular complexity index is 780. The molecule has 0 unspecified atom stereocenters. The second-order valence-corrected chi connectivity index (χ2v) is 5.58. The van der Waals surface area contributed by atoms with Crippen molar-refractivity contribution in [3.63, 3.8) is 0 Å². The highest BCUT2D eigenvalue weighted by Gasteiger charge is 2.13. The second-order valence-electron chi connectivity index (χ2n) is 5.58. The minimum absolute atomic E-state index is 0.471. The maximum absolute atomic E-state index is 4.63. The van der Waals surface area contributed by atoms with E-state index in [9.17, 15) is 0 Å². The van der Waals surface area contributed by atoms with Crippen LogP contribution < -0.4 is 0 Å². The summed E-state index contributed by atoms with van der Waals surface area (Å²) in [6.45, 7) is 12.4. The number of aromatic nitrogens is 5. The smallest absolute Gasteiger partial charge is 0.181 e. The van der Waals surface area contributed by atoms with Crippen LogP contribution in [-0.4, -0.2) is 24.5 Å². The van der Waals surface area contributed by atoms with Crippen LogP contribution in [0.4, 0.5) is 0 Å². The van der Waals surface area contributed by atoms with Crippen molar-refractivity contribution in [1.29, 1.82) is 0 Å². The van der Waals surface area contributed by atoms with E-state index in [1.165, 1.54) is 5.56 Å². The van der Waals surface area contributed by atoms with Crippen molar-refractivity contribution >= 4 is 11.0 Å². The number of pyridine rings is 1. The summed E-state index contributed by atoms with van der Waals surface area (Å²) in [5, 5.41) is 10.00. The van der Waals surface area contributed by atoms with Gasteiger partial charge in [-0.05, 0) is 31.4 Å². The maximum Gasteiger partial charge on any atom is 0.181 e. The zero-order valence-corrected chi connectivity index (χ0v) is 14.5. The summed E-state index contributed by atoms with van der Waals surface area (Å²) in [4.78, 5) is 4.56. The molecule has 0 aliphatic carbocycles. The van der Waals surface area contributed by atoms with Crippen molar-refractivity contribution in [1.82, 2.24) is 24.5 Å². The third-order valence-corrected chi connectivity index (χ3v) is 3.58. The molecule has 22 heavy (non-hydrogen) atoms. The standard InChI is InChI=1S/C15H19N5.C2H6/c1-9(2)13-8-20(17-10(13)3)14-6-12-7-19(5)18-15(12)16-11(14)4;1-2/h6-9H,1-5H3;1-2H3.